The van der Waals surface area contributed by atoms with Crippen LogP contribution in [-0.2, 0) is 0 Å². The Kier molecular flexibility index (Phi) is 3.39. The van der Waals surface area contributed by atoms with Crippen molar-refractivity contribution in [1.82, 2.24) is 19.4 Å². The lowest BCUT2D eigenvalue weighted by atomic mass is 10.1. The van der Waals surface area contributed by atoms with Gasteiger partial charge >= 0.3 is 0 Å². The summed E-state index contributed by atoms with van der Waals surface area (Å²) in [5.74, 6) is -0.165. The standard InChI is InChI=1S/C18H14N6O/c19-13-3-1-2-11(8-13)15-10-22-16-9-12(5-7-24(15)16)18-21-6-4-14(23-18)17(20)25/h1-10H,19H2,(H2,20,25). The maximum absolute atomic E-state index is 11.3. The number of pyridine rings is 1. The van der Waals surface area contributed by atoms with E-state index >= 15 is 0 Å². The summed E-state index contributed by atoms with van der Waals surface area (Å²) in [7, 11) is 0. The van der Waals surface area contributed by atoms with Crippen molar-refractivity contribution < 1.29 is 4.79 Å². The minimum atomic E-state index is -0.588. The van der Waals surface area contributed by atoms with E-state index in [1.54, 1.807) is 6.20 Å². The number of carbonyl (C=O) groups is 1. The van der Waals surface area contributed by atoms with E-state index in [-0.39, 0.29) is 5.69 Å². The SMILES string of the molecule is NC(=O)c1ccnc(-c2ccn3c(-c4cccc(N)c4)cnc3c2)n1. The van der Waals surface area contributed by atoms with E-state index in [4.69, 9.17) is 11.5 Å². The summed E-state index contributed by atoms with van der Waals surface area (Å²) in [6.45, 7) is 0. The number of carbonyl (C=O) groups excluding carboxylic acids is 1. The van der Waals surface area contributed by atoms with Gasteiger partial charge in [0.1, 0.15) is 11.3 Å². The third kappa shape index (κ3) is 2.67. The minimum absolute atomic E-state index is 0.175. The van der Waals surface area contributed by atoms with Crippen molar-refractivity contribution in [3.05, 3.63) is 66.7 Å². The zero-order chi connectivity index (χ0) is 17.4. The van der Waals surface area contributed by atoms with Crippen LogP contribution in [-0.4, -0.2) is 25.3 Å². The molecule has 0 fully saturated rings. The van der Waals surface area contributed by atoms with Crippen molar-refractivity contribution in [3.8, 4) is 22.6 Å². The molecule has 25 heavy (non-hydrogen) atoms. The van der Waals surface area contributed by atoms with Gasteiger partial charge in [-0.05, 0) is 30.3 Å². The highest BCUT2D eigenvalue weighted by molar-refractivity contribution is 5.91. The summed E-state index contributed by atoms with van der Waals surface area (Å²) in [5.41, 5.74) is 15.4. The van der Waals surface area contributed by atoms with Gasteiger partial charge in [-0.1, -0.05) is 12.1 Å². The normalized spacial score (nSPS) is 10.9. The molecule has 0 unspecified atom stereocenters. The van der Waals surface area contributed by atoms with E-state index in [0.29, 0.717) is 11.5 Å². The zero-order valence-electron chi connectivity index (χ0n) is 13.1. The predicted octanol–water partition coefficient (Wildman–Crippen LogP) is 2.14. The lowest BCUT2D eigenvalue weighted by molar-refractivity contribution is 0.0995. The number of nitrogens with zero attached hydrogens (tertiary/aromatic N) is 4. The van der Waals surface area contributed by atoms with Gasteiger partial charge in [-0.25, -0.2) is 15.0 Å². The molecule has 0 aliphatic rings. The van der Waals surface area contributed by atoms with Crippen molar-refractivity contribution in [3.63, 3.8) is 0 Å². The highest BCUT2D eigenvalue weighted by Gasteiger charge is 2.10. The van der Waals surface area contributed by atoms with Crippen LogP contribution in [0.25, 0.3) is 28.3 Å². The molecule has 0 spiro atoms. The number of aromatic nitrogens is 4. The number of hydrogen-bond acceptors (Lipinski definition) is 5. The molecule has 4 rings (SSSR count). The van der Waals surface area contributed by atoms with Crippen LogP contribution in [0.3, 0.4) is 0 Å². The molecule has 1 amide bonds. The molecule has 1 aromatic carbocycles. The maximum atomic E-state index is 11.3. The second-order valence-corrected chi connectivity index (χ2v) is 5.54. The van der Waals surface area contributed by atoms with Crippen LogP contribution in [0, 0.1) is 0 Å². The van der Waals surface area contributed by atoms with E-state index in [1.807, 2.05) is 47.0 Å². The van der Waals surface area contributed by atoms with Gasteiger partial charge in [-0.3, -0.25) is 9.20 Å². The number of imidazole rings is 1. The van der Waals surface area contributed by atoms with E-state index < -0.39 is 5.91 Å². The number of rotatable bonds is 3. The Morgan fingerprint density at radius 2 is 1.92 bits per heavy atom. The molecule has 7 nitrogen and oxygen atoms in total. The van der Waals surface area contributed by atoms with Crippen LogP contribution in [0.1, 0.15) is 10.5 Å². The molecule has 4 aromatic rings. The second kappa shape index (κ2) is 5.72. The summed E-state index contributed by atoms with van der Waals surface area (Å²) in [6, 6.07) is 12.8. The topological polar surface area (TPSA) is 112 Å². The van der Waals surface area contributed by atoms with Gasteiger partial charge in [0.25, 0.3) is 5.91 Å². The first-order valence-electron chi connectivity index (χ1n) is 7.58. The first kappa shape index (κ1) is 14.8. The summed E-state index contributed by atoms with van der Waals surface area (Å²) in [6.07, 6.45) is 5.18. The lowest BCUT2D eigenvalue weighted by Gasteiger charge is -2.05. The molecule has 122 valence electrons. The molecule has 4 N–H and O–H groups in total. The quantitative estimate of drug-likeness (QED) is 0.559. The Bertz CT molecular complexity index is 1100. The fourth-order valence-corrected chi connectivity index (χ4v) is 2.67. The number of hydrogen-bond donors (Lipinski definition) is 2. The van der Waals surface area contributed by atoms with Crippen molar-refractivity contribution in [2.45, 2.75) is 0 Å². The van der Waals surface area contributed by atoms with Crippen molar-refractivity contribution >= 4 is 17.2 Å². The molecule has 0 atom stereocenters. The number of nitrogens with two attached hydrogens (primary N) is 2. The molecule has 3 aromatic heterocycles. The average molecular weight is 330 g/mol. The predicted molar refractivity (Wildman–Crippen MR) is 94.6 cm³/mol. The van der Waals surface area contributed by atoms with Crippen molar-refractivity contribution in [1.29, 1.82) is 0 Å². The Morgan fingerprint density at radius 1 is 1.04 bits per heavy atom. The molecule has 0 aliphatic heterocycles. The fourth-order valence-electron chi connectivity index (χ4n) is 2.67. The zero-order valence-corrected chi connectivity index (χ0v) is 13.1. The van der Waals surface area contributed by atoms with Gasteiger partial charge in [0.05, 0.1) is 11.9 Å². The third-order valence-electron chi connectivity index (χ3n) is 3.86. The van der Waals surface area contributed by atoms with Crippen LogP contribution in [0.5, 0.6) is 0 Å². The van der Waals surface area contributed by atoms with Crippen LogP contribution in [0.2, 0.25) is 0 Å². The van der Waals surface area contributed by atoms with Crippen molar-refractivity contribution in [2.24, 2.45) is 5.73 Å². The van der Waals surface area contributed by atoms with E-state index in [9.17, 15) is 4.79 Å². The Balaban J connectivity index is 1.80. The van der Waals surface area contributed by atoms with Gasteiger partial charge in [0.2, 0.25) is 0 Å². The number of amides is 1. The lowest BCUT2D eigenvalue weighted by Crippen LogP contribution is -2.13. The maximum Gasteiger partial charge on any atom is 0.267 e. The molecule has 0 aliphatic carbocycles. The number of primary amides is 1. The number of benzene rings is 1. The Hall–Kier alpha value is -3.74. The molecule has 0 bridgehead atoms. The third-order valence-corrected chi connectivity index (χ3v) is 3.86. The van der Waals surface area contributed by atoms with Gasteiger partial charge in [0, 0.05) is 29.2 Å². The van der Waals surface area contributed by atoms with Gasteiger partial charge < -0.3 is 11.5 Å². The minimum Gasteiger partial charge on any atom is -0.399 e. The van der Waals surface area contributed by atoms with Crippen LogP contribution >= 0.6 is 0 Å². The molecule has 0 saturated carbocycles. The number of fused-ring (bicyclic) bond motifs is 1. The average Bonchev–Trinajstić information content (AvgIpc) is 3.05. The molecule has 3 heterocycles. The largest absolute Gasteiger partial charge is 0.399 e. The smallest absolute Gasteiger partial charge is 0.267 e. The highest BCUT2D eigenvalue weighted by Crippen LogP contribution is 2.25. The van der Waals surface area contributed by atoms with Crippen LogP contribution in [0.15, 0.2) is 61.1 Å². The number of anilines is 1. The van der Waals surface area contributed by atoms with Crippen LogP contribution < -0.4 is 11.5 Å². The monoisotopic (exact) mass is 330 g/mol. The first-order chi connectivity index (χ1) is 12.1. The van der Waals surface area contributed by atoms with Gasteiger partial charge in [-0.2, -0.15) is 0 Å². The number of nitrogen functional groups attached to an aromatic ring is 1. The highest BCUT2D eigenvalue weighted by atomic mass is 16.1. The molecular weight excluding hydrogens is 316 g/mol. The second-order valence-electron chi connectivity index (χ2n) is 5.54. The first-order valence-corrected chi connectivity index (χ1v) is 7.58. The Morgan fingerprint density at radius 3 is 2.72 bits per heavy atom. The summed E-state index contributed by atoms with van der Waals surface area (Å²) < 4.78 is 1.95. The van der Waals surface area contributed by atoms with E-state index in [1.165, 1.54) is 12.3 Å². The van der Waals surface area contributed by atoms with E-state index in [0.717, 1.165) is 22.5 Å². The van der Waals surface area contributed by atoms with Crippen molar-refractivity contribution in [2.75, 3.05) is 5.73 Å². The Labute approximate surface area is 143 Å². The molecule has 0 saturated heterocycles. The molecular formula is C18H14N6O. The molecule has 7 heteroatoms. The fraction of sp³-hybridized carbons (Fsp3) is 0. The van der Waals surface area contributed by atoms with Gasteiger partial charge in [0.15, 0.2) is 5.82 Å². The summed E-state index contributed by atoms with van der Waals surface area (Å²) in [5, 5.41) is 0. The van der Waals surface area contributed by atoms with Crippen LogP contribution in [0.4, 0.5) is 5.69 Å². The van der Waals surface area contributed by atoms with E-state index in [2.05, 4.69) is 15.0 Å². The summed E-state index contributed by atoms with van der Waals surface area (Å²) >= 11 is 0. The van der Waals surface area contributed by atoms with Gasteiger partial charge in [-0.15, -0.1) is 0 Å². The summed E-state index contributed by atoms with van der Waals surface area (Å²) in [4.78, 5) is 24.1. The molecule has 0 radical (unpaired) electrons.